The quantitative estimate of drug-likeness (QED) is 0.497. The number of aromatic nitrogens is 2. The van der Waals surface area contributed by atoms with Crippen molar-refractivity contribution < 1.29 is 0 Å². The van der Waals surface area contributed by atoms with Crippen molar-refractivity contribution in [1.82, 2.24) is 15.2 Å². The summed E-state index contributed by atoms with van der Waals surface area (Å²) in [6.07, 6.45) is 5.40. The van der Waals surface area contributed by atoms with E-state index in [1.807, 2.05) is 17.9 Å². The van der Waals surface area contributed by atoms with Gasteiger partial charge < -0.3 is 0 Å². The summed E-state index contributed by atoms with van der Waals surface area (Å²) in [6.45, 7) is 0. The fourth-order valence-corrected chi connectivity index (χ4v) is 3.11. The Bertz CT molecular complexity index is 334. The molecule has 13 heavy (non-hydrogen) atoms. The topological polar surface area (TPSA) is 55.9 Å². The van der Waals surface area contributed by atoms with Crippen molar-refractivity contribution in [3.63, 3.8) is 0 Å². The molecule has 0 unspecified atom stereocenters. The summed E-state index contributed by atoms with van der Waals surface area (Å²) >= 11 is 0. The summed E-state index contributed by atoms with van der Waals surface area (Å²) in [5, 5.41) is 4.20. The van der Waals surface area contributed by atoms with E-state index in [0.29, 0.717) is 5.41 Å². The van der Waals surface area contributed by atoms with E-state index < -0.39 is 0 Å². The summed E-state index contributed by atoms with van der Waals surface area (Å²) in [5.41, 5.74) is 4.95. The van der Waals surface area contributed by atoms with Gasteiger partial charge in [0.2, 0.25) is 0 Å². The number of nitrogens with one attached hydrogen (secondary N) is 1. The molecular formula is C9H14N4. The van der Waals surface area contributed by atoms with Gasteiger partial charge in [-0.25, -0.2) is 0 Å². The Balaban J connectivity index is 1.88. The molecule has 0 spiro atoms. The molecule has 0 saturated heterocycles. The molecule has 70 valence electrons. The molecule has 4 nitrogen and oxygen atoms in total. The van der Waals surface area contributed by atoms with Crippen molar-refractivity contribution in [2.45, 2.75) is 30.2 Å². The summed E-state index contributed by atoms with van der Waals surface area (Å²) in [5.74, 6) is 5.48. The Morgan fingerprint density at radius 2 is 2.23 bits per heavy atom. The number of hydrogen-bond donors (Lipinski definition) is 2. The zero-order chi connectivity index (χ0) is 9.10. The van der Waals surface area contributed by atoms with Gasteiger partial charge in [-0.05, 0) is 25.3 Å². The molecule has 0 aromatic carbocycles. The predicted octanol–water partition coefficient (Wildman–Crippen LogP) is 0.0575. The largest absolute Gasteiger partial charge is 0.272 e. The fourth-order valence-electron chi connectivity index (χ4n) is 3.11. The van der Waals surface area contributed by atoms with Gasteiger partial charge in [0.25, 0.3) is 0 Å². The lowest BCUT2D eigenvalue weighted by atomic mass is 9.38. The van der Waals surface area contributed by atoms with Crippen LogP contribution in [0.1, 0.15) is 25.0 Å². The molecular weight excluding hydrogens is 164 g/mol. The molecule has 3 aliphatic carbocycles. The average Bonchev–Trinajstić information content (AvgIpc) is 2.32. The number of hydrazine groups is 1. The third-order valence-electron chi connectivity index (χ3n) is 3.70. The Hall–Kier alpha value is -0.870. The van der Waals surface area contributed by atoms with Crippen LogP contribution >= 0.6 is 0 Å². The third kappa shape index (κ3) is 0.711. The first-order chi connectivity index (χ1) is 6.20. The van der Waals surface area contributed by atoms with Gasteiger partial charge in [-0.1, -0.05) is 0 Å². The molecule has 2 bridgehead atoms. The van der Waals surface area contributed by atoms with Crippen LogP contribution in [0.5, 0.6) is 0 Å². The first-order valence-electron chi connectivity index (χ1n) is 4.66. The molecule has 1 aromatic rings. The lowest BCUT2D eigenvalue weighted by Crippen LogP contribution is -2.77. The monoisotopic (exact) mass is 178 g/mol. The Morgan fingerprint density at radius 1 is 1.54 bits per heavy atom. The highest BCUT2D eigenvalue weighted by atomic mass is 15.3. The van der Waals surface area contributed by atoms with Gasteiger partial charge in [0.05, 0.1) is 0 Å². The zero-order valence-corrected chi connectivity index (χ0v) is 7.75. The van der Waals surface area contributed by atoms with Crippen LogP contribution in [0.2, 0.25) is 0 Å². The van der Waals surface area contributed by atoms with Crippen molar-refractivity contribution in [3.05, 3.63) is 18.0 Å². The molecule has 4 rings (SSSR count). The maximum atomic E-state index is 5.48. The minimum Gasteiger partial charge on any atom is -0.272 e. The first-order valence-corrected chi connectivity index (χ1v) is 4.66. The summed E-state index contributed by atoms with van der Waals surface area (Å²) in [7, 11) is 2.01. The second-order valence-corrected chi connectivity index (χ2v) is 4.58. The Labute approximate surface area is 77.1 Å². The Morgan fingerprint density at radius 3 is 2.69 bits per heavy atom. The maximum Gasteiger partial charge on any atom is 0.0492 e. The molecule has 1 heterocycles. The van der Waals surface area contributed by atoms with E-state index in [-0.39, 0.29) is 5.54 Å². The fraction of sp³-hybridized carbons (Fsp3) is 0.667. The van der Waals surface area contributed by atoms with Crippen LogP contribution in [0, 0.1) is 0 Å². The molecule has 1 aromatic heterocycles. The number of hydrogen-bond acceptors (Lipinski definition) is 3. The molecule has 0 amide bonds. The standard InChI is InChI=1S/C9H14N4/c1-13-7(2-3-11-13)8-4-9(5-8,6-8)12-10/h2-3,12H,4-6,10H2,1H3. The highest BCUT2D eigenvalue weighted by molar-refractivity contribution is 5.37. The van der Waals surface area contributed by atoms with Crippen molar-refractivity contribution in [2.24, 2.45) is 12.9 Å². The smallest absolute Gasteiger partial charge is 0.0492 e. The van der Waals surface area contributed by atoms with E-state index >= 15 is 0 Å². The summed E-state index contributed by atoms with van der Waals surface area (Å²) in [6, 6.07) is 2.12. The summed E-state index contributed by atoms with van der Waals surface area (Å²) < 4.78 is 1.99. The van der Waals surface area contributed by atoms with E-state index in [2.05, 4.69) is 16.6 Å². The molecule has 4 heteroatoms. The second-order valence-electron chi connectivity index (χ2n) is 4.58. The van der Waals surface area contributed by atoms with Crippen molar-refractivity contribution in [1.29, 1.82) is 0 Å². The van der Waals surface area contributed by atoms with Gasteiger partial charge in [0.1, 0.15) is 0 Å². The predicted molar refractivity (Wildman–Crippen MR) is 48.8 cm³/mol. The van der Waals surface area contributed by atoms with Gasteiger partial charge in [-0.15, -0.1) is 0 Å². The van der Waals surface area contributed by atoms with Crippen LogP contribution in [0.25, 0.3) is 0 Å². The first kappa shape index (κ1) is 7.53. The van der Waals surface area contributed by atoms with E-state index in [4.69, 9.17) is 5.84 Å². The van der Waals surface area contributed by atoms with Gasteiger partial charge in [0.15, 0.2) is 0 Å². The van der Waals surface area contributed by atoms with Crippen LogP contribution in [0.4, 0.5) is 0 Å². The number of aryl methyl sites for hydroxylation is 1. The minimum absolute atomic E-state index is 0.268. The van der Waals surface area contributed by atoms with Crippen molar-refractivity contribution in [2.75, 3.05) is 0 Å². The van der Waals surface area contributed by atoms with Gasteiger partial charge in [0, 0.05) is 29.9 Å². The summed E-state index contributed by atoms with van der Waals surface area (Å²) in [4.78, 5) is 0. The molecule has 3 saturated carbocycles. The van der Waals surface area contributed by atoms with Crippen molar-refractivity contribution in [3.8, 4) is 0 Å². The lowest BCUT2D eigenvalue weighted by Gasteiger charge is -2.70. The van der Waals surface area contributed by atoms with Crippen LogP contribution in [0.15, 0.2) is 12.3 Å². The Kier molecular flexibility index (Phi) is 1.14. The van der Waals surface area contributed by atoms with Crippen LogP contribution in [-0.2, 0) is 12.5 Å². The maximum absolute atomic E-state index is 5.48. The highest BCUT2D eigenvalue weighted by Crippen LogP contribution is 2.67. The van der Waals surface area contributed by atoms with E-state index in [9.17, 15) is 0 Å². The van der Waals surface area contributed by atoms with Gasteiger partial charge >= 0.3 is 0 Å². The lowest BCUT2D eigenvalue weighted by molar-refractivity contribution is -0.0929. The number of nitrogens with zero attached hydrogens (tertiary/aromatic N) is 2. The van der Waals surface area contributed by atoms with E-state index in [0.717, 1.165) is 0 Å². The highest BCUT2D eigenvalue weighted by Gasteiger charge is 2.69. The molecule has 0 radical (unpaired) electrons. The molecule has 3 aliphatic rings. The van der Waals surface area contributed by atoms with Crippen LogP contribution in [0.3, 0.4) is 0 Å². The van der Waals surface area contributed by atoms with Crippen molar-refractivity contribution >= 4 is 0 Å². The van der Waals surface area contributed by atoms with E-state index in [1.165, 1.54) is 25.0 Å². The molecule has 3 fully saturated rings. The molecule has 0 atom stereocenters. The normalized spacial score (nSPS) is 41.1. The third-order valence-corrected chi connectivity index (χ3v) is 3.70. The van der Waals surface area contributed by atoms with Gasteiger partial charge in [-0.2, -0.15) is 5.10 Å². The second kappa shape index (κ2) is 1.96. The zero-order valence-electron chi connectivity index (χ0n) is 7.75. The van der Waals surface area contributed by atoms with Crippen LogP contribution in [-0.4, -0.2) is 15.3 Å². The SMILES string of the molecule is Cn1nccc1C12CC(NN)(C1)C2. The molecule has 3 N–H and O–H groups in total. The minimum atomic E-state index is 0.268. The van der Waals surface area contributed by atoms with E-state index in [1.54, 1.807) is 0 Å². The number of nitrogens with two attached hydrogens (primary N) is 1. The average molecular weight is 178 g/mol. The molecule has 0 aliphatic heterocycles. The van der Waals surface area contributed by atoms with Crippen LogP contribution < -0.4 is 11.3 Å². The number of rotatable bonds is 2. The van der Waals surface area contributed by atoms with Gasteiger partial charge in [-0.3, -0.25) is 16.0 Å².